The normalized spacial score (nSPS) is 12.2. The first-order valence-corrected chi connectivity index (χ1v) is 10.3. The Balaban J connectivity index is 1.58. The summed E-state index contributed by atoms with van der Waals surface area (Å²) in [5.74, 6) is 0.0404. The number of benzene rings is 1. The van der Waals surface area contributed by atoms with Crippen LogP contribution >= 0.6 is 0 Å². The Morgan fingerprint density at radius 3 is 2.62 bits per heavy atom. The molecule has 9 heteroatoms. The third-order valence-electron chi connectivity index (χ3n) is 5.00. The van der Waals surface area contributed by atoms with Crippen molar-refractivity contribution in [3.8, 4) is 11.3 Å². The van der Waals surface area contributed by atoms with Crippen molar-refractivity contribution in [3.05, 3.63) is 82.8 Å². The number of nitrogens with one attached hydrogen (secondary N) is 1. The lowest BCUT2D eigenvalue weighted by atomic mass is 10.0. The Morgan fingerprint density at radius 2 is 1.84 bits per heavy atom. The molecule has 1 N–H and O–H groups in total. The molecule has 3 heterocycles. The van der Waals surface area contributed by atoms with Crippen LogP contribution in [-0.2, 0) is 11.3 Å². The molecule has 8 nitrogen and oxygen atoms in total. The summed E-state index contributed by atoms with van der Waals surface area (Å²) in [6, 6.07) is 14.0. The lowest BCUT2D eigenvalue weighted by molar-refractivity contribution is -0.122. The molecule has 0 saturated carbocycles. The molecule has 1 atom stereocenters. The first-order valence-electron chi connectivity index (χ1n) is 10.3. The Labute approximate surface area is 183 Å². The van der Waals surface area contributed by atoms with Gasteiger partial charge >= 0.3 is 0 Å². The van der Waals surface area contributed by atoms with Crippen LogP contribution in [0.4, 0.5) is 4.39 Å². The minimum Gasteiger partial charge on any atom is -0.344 e. The number of nitrogens with zero attached hydrogens (tertiary/aromatic N) is 5. The number of rotatable bonds is 7. The number of pyridine rings is 1. The summed E-state index contributed by atoms with van der Waals surface area (Å²) in [5, 5.41) is 15.6. The minimum absolute atomic E-state index is 0.259. The number of amides is 1. The minimum atomic E-state index is -0.453. The van der Waals surface area contributed by atoms with E-state index >= 15 is 0 Å². The third kappa shape index (κ3) is 4.56. The number of hydrogen-bond donors (Lipinski definition) is 1. The van der Waals surface area contributed by atoms with Crippen LogP contribution in [0.3, 0.4) is 0 Å². The van der Waals surface area contributed by atoms with Crippen LogP contribution in [-0.4, -0.2) is 30.3 Å². The monoisotopic (exact) mass is 434 g/mol. The molecule has 1 aromatic carbocycles. The molecule has 0 spiro atoms. The summed E-state index contributed by atoms with van der Waals surface area (Å²) < 4.78 is 17.0. The van der Waals surface area contributed by atoms with E-state index in [4.69, 9.17) is 0 Å². The van der Waals surface area contributed by atoms with Crippen LogP contribution in [0.25, 0.3) is 16.9 Å². The van der Waals surface area contributed by atoms with Gasteiger partial charge in [0.25, 0.3) is 5.56 Å². The molecule has 0 fully saturated rings. The number of aromatic nitrogens is 5. The van der Waals surface area contributed by atoms with Crippen LogP contribution in [0.5, 0.6) is 0 Å². The molecular formula is C23H23FN6O2. The lowest BCUT2D eigenvalue weighted by Crippen LogP contribution is -2.36. The SMILES string of the molecule is CC(C)C[C@H](NC(=O)Cn1nc(-c2ccccc2F)ccc1=O)c1nnc2ccccn12. The maximum atomic E-state index is 14.1. The van der Waals surface area contributed by atoms with Gasteiger partial charge in [-0.05, 0) is 42.7 Å². The maximum absolute atomic E-state index is 14.1. The molecule has 4 rings (SSSR count). The molecule has 0 aliphatic carbocycles. The van der Waals surface area contributed by atoms with Crippen molar-refractivity contribution >= 4 is 11.6 Å². The number of halogens is 1. The zero-order valence-electron chi connectivity index (χ0n) is 17.8. The van der Waals surface area contributed by atoms with E-state index in [2.05, 4.69) is 20.6 Å². The van der Waals surface area contributed by atoms with Gasteiger partial charge in [-0.25, -0.2) is 9.07 Å². The third-order valence-corrected chi connectivity index (χ3v) is 5.00. The van der Waals surface area contributed by atoms with E-state index in [1.165, 1.54) is 18.2 Å². The summed E-state index contributed by atoms with van der Waals surface area (Å²) in [6.07, 6.45) is 2.48. The first kappa shape index (κ1) is 21.4. The Morgan fingerprint density at radius 1 is 1.06 bits per heavy atom. The van der Waals surface area contributed by atoms with Crippen molar-refractivity contribution in [3.63, 3.8) is 0 Å². The Bertz CT molecular complexity index is 1310. The Kier molecular flexibility index (Phi) is 6.07. The van der Waals surface area contributed by atoms with E-state index < -0.39 is 23.3 Å². The van der Waals surface area contributed by atoms with Gasteiger partial charge in [0.15, 0.2) is 11.5 Å². The molecule has 1 amide bonds. The van der Waals surface area contributed by atoms with Gasteiger partial charge in [0.2, 0.25) is 5.91 Å². The summed E-state index contributed by atoms with van der Waals surface area (Å²) in [7, 11) is 0. The van der Waals surface area contributed by atoms with E-state index in [1.807, 2.05) is 42.6 Å². The van der Waals surface area contributed by atoms with Crippen LogP contribution < -0.4 is 10.9 Å². The quantitative estimate of drug-likeness (QED) is 0.483. The molecule has 0 unspecified atom stereocenters. The molecule has 3 aromatic heterocycles. The molecule has 0 aliphatic heterocycles. The average molecular weight is 434 g/mol. The highest BCUT2D eigenvalue weighted by molar-refractivity contribution is 5.76. The van der Waals surface area contributed by atoms with Gasteiger partial charge in [0.05, 0.1) is 11.7 Å². The van der Waals surface area contributed by atoms with Gasteiger partial charge in [-0.2, -0.15) is 5.10 Å². The van der Waals surface area contributed by atoms with Crippen molar-refractivity contribution < 1.29 is 9.18 Å². The molecule has 0 radical (unpaired) electrons. The summed E-state index contributed by atoms with van der Waals surface area (Å²) in [5.41, 5.74) is 0.765. The van der Waals surface area contributed by atoms with Crippen molar-refractivity contribution in [2.24, 2.45) is 5.92 Å². The summed E-state index contributed by atoms with van der Waals surface area (Å²) in [6.45, 7) is 3.80. The standard InChI is InChI=1S/C23H23FN6O2/c1-15(2)13-19(23-27-26-20-9-5-6-12-29(20)23)25-21(31)14-30-22(32)11-10-18(28-30)16-7-3-4-8-17(16)24/h3-12,15,19H,13-14H2,1-2H3,(H,25,31)/t19-/m0/s1. The maximum Gasteiger partial charge on any atom is 0.267 e. The van der Waals surface area contributed by atoms with Crippen molar-refractivity contribution in [1.29, 1.82) is 0 Å². The zero-order chi connectivity index (χ0) is 22.7. The van der Waals surface area contributed by atoms with Gasteiger partial charge in [0.1, 0.15) is 12.4 Å². The van der Waals surface area contributed by atoms with Gasteiger partial charge < -0.3 is 5.32 Å². The van der Waals surface area contributed by atoms with E-state index in [0.29, 0.717) is 17.9 Å². The molecule has 164 valence electrons. The first-order chi connectivity index (χ1) is 15.4. The fourth-order valence-electron chi connectivity index (χ4n) is 3.55. The zero-order valence-corrected chi connectivity index (χ0v) is 17.8. The molecule has 0 bridgehead atoms. The van der Waals surface area contributed by atoms with Crippen molar-refractivity contribution in [1.82, 2.24) is 29.7 Å². The highest BCUT2D eigenvalue weighted by atomic mass is 19.1. The van der Waals surface area contributed by atoms with Gasteiger partial charge in [-0.1, -0.05) is 32.0 Å². The Hall–Kier alpha value is -3.88. The highest BCUT2D eigenvalue weighted by Crippen LogP contribution is 2.21. The lowest BCUT2D eigenvalue weighted by Gasteiger charge is -2.19. The van der Waals surface area contributed by atoms with Gasteiger partial charge in [-0.3, -0.25) is 14.0 Å². The number of carbonyl (C=O) groups excluding carboxylic acids is 1. The second-order valence-corrected chi connectivity index (χ2v) is 7.93. The van der Waals surface area contributed by atoms with Gasteiger partial charge in [0, 0.05) is 17.8 Å². The molecule has 0 aliphatic rings. The van der Waals surface area contributed by atoms with Crippen LogP contribution in [0.1, 0.15) is 32.1 Å². The molecule has 4 aromatic rings. The highest BCUT2D eigenvalue weighted by Gasteiger charge is 2.22. The average Bonchev–Trinajstić information content (AvgIpc) is 3.19. The molecule has 0 saturated heterocycles. The number of fused-ring (bicyclic) bond motifs is 1. The van der Waals surface area contributed by atoms with Gasteiger partial charge in [-0.15, -0.1) is 10.2 Å². The second-order valence-electron chi connectivity index (χ2n) is 7.93. The van der Waals surface area contributed by atoms with E-state index in [1.54, 1.807) is 18.2 Å². The predicted molar refractivity (Wildman–Crippen MR) is 117 cm³/mol. The summed E-state index contributed by atoms with van der Waals surface area (Å²) >= 11 is 0. The van der Waals surface area contributed by atoms with Crippen LogP contribution in [0, 0.1) is 11.7 Å². The van der Waals surface area contributed by atoms with E-state index in [0.717, 1.165) is 4.68 Å². The molecular weight excluding hydrogens is 411 g/mol. The van der Waals surface area contributed by atoms with Crippen molar-refractivity contribution in [2.75, 3.05) is 0 Å². The fraction of sp³-hybridized carbons (Fsp3) is 0.261. The molecule has 32 heavy (non-hydrogen) atoms. The topological polar surface area (TPSA) is 94.2 Å². The fourth-order valence-corrected chi connectivity index (χ4v) is 3.55. The van der Waals surface area contributed by atoms with E-state index in [9.17, 15) is 14.0 Å². The summed E-state index contributed by atoms with van der Waals surface area (Å²) in [4.78, 5) is 25.2. The number of hydrogen-bond acceptors (Lipinski definition) is 5. The van der Waals surface area contributed by atoms with Crippen LogP contribution in [0.15, 0.2) is 65.6 Å². The largest absolute Gasteiger partial charge is 0.344 e. The predicted octanol–water partition coefficient (Wildman–Crippen LogP) is 3.00. The van der Waals surface area contributed by atoms with Crippen LogP contribution in [0.2, 0.25) is 0 Å². The van der Waals surface area contributed by atoms with E-state index in [-0.39, 0.29) is 23.7 Å². The van der Waals surface area contributed by atoms with Crippen molar-refractivity contribution in [2.45, 2.75) is 32.9 Å². The number of carbonyl (C=O) groups is 1. The smallest absolute Gasteiger partial charge is 0.267 e. The second kappa shape index (κ2) is 9.09.